The molecule has 0 aliphatic heterocycles. The summed E-state index contributed by atoms with van der Waals surface area (Å²) in [6.45, 7) is 3.83. The number of aromatic nitrogens is 2. The second-order valence-corrected chi connectivity index (χ2v) is 6.01. The molecule has 1 saturated carbocycles. The van der Waals surface area contributed by atoms with E-state index < -0.39 is 11.0 Å². The number of hydrogen-bond donors (Lipinski definition) is 3. The van der Waals surface area contributed by atoms with Gasteiger partial charge in [0, 0.05) is 19.6 Å². The minimum absolute atomic E-state index is 0.0234. The number of anilines is 1. The van der Waals surface area contributed by atoms with Crippen molar-refractivity contribution in [1.82, 2.24) is 15.1 Å². The number of rotatable bonds is 8. The van der Waals surface area contributed by atoms with Crippen LogP contribution in [0.15, 0.2) is 0 Å². The third-order valence-corrected chi connectivity index (χ3v) is 4.15. The van der Waals surface area contributed by atoms with Crippen LogP contribution < -0.4 is 16.4 Å². The first-order valence-electron chi connectivity index (χ1n) is 7.82. The number of hydrogen-bond acceptors (Lipinski definition) is 6. The predicted octanol–water partition coefficient (Wildman–Crippen LogP) is 0.681. The molecule has 1 aliphatic rings. The van der Waals surface area contributed by atoms with E-state index in [0.717, 1.165) is 12.8 Å². The fraction of sp³-hybridized carbons (Fsp3) is 0.714. The van der Waals surface area contributed by atoms with E-state index in [1.807, 2.05) is 6.92 Å². The Morgan fingerprint density at radius 1 is 1.57 bits per heavy atom. The van der Waals surface area contributed by atoms with Crippen molar-refractivity contribution >= 4 is 17.4 Å². The average Bonchev–Trinajstić information content (AvgIpc) is 3.28. The number of nitrogens with two attached hydrogens (primary N) is 1. The molecule has 9 heteroatoms. The van der Waals surface area contributed by atoms with E-state index >= 15 is 0 Å². The second-order valence-electron chi connectivity index (χ2n) is 6.01. The minimum Gasteiger partial charge on any atom is -0.353 e. The van der Waals surface area contributed by atoms with Gasteiger partial charge in [-0.3, -0.25) is 14.9 Å². The van der Waals surface area contributed by atoms with E-state index in [1.54, 1.807) is 14.0 Å². The molecule has 2 unspecified atom stereocenters. The van der Waals surface area contributed by atoms with Gasteiger partial charge >= 0.3 is 5.69 Å². The van der Waals surface area contributed by atoms with Crippen molar-refractivity contribution in [2.45, 2.75) is 45.2 Å². The van der Waals surface area contributed by atoms with Gasteiger partial charge < -0.3 is 16.4 Å². The Labute approximate surface area is 134 Å². The summed E-state index contributed by atoms with van der Waals surface area (Å²) in [6.07, 6.45) is 2.73. The standard InChI is InChI=1S/C14H24N6O3/c1-4-11(14(21)16-7-10(15)9-5-6-9)17-13-12(20(22)23)8(2)18-19(13)3/h9-11,17H,4-7,15H2,1-3H3,(H,16,21). The average molecular weight is 324 g/mol. The Kier molecular flexibility index (Phi) is 5.19. The van der Waals surface area contributed by atoms with Gasteiger partial charge in [0.1, 0.15) is 11.7 Å². The van der Waals surface area contributed by atoms with Crippen LogP contribution in [0.2, 0.25) is 0 Å². The molecule has 1 aliphatic carbocycles. The minimum atomic E-state index is -0.574. The highest BCUT2D eigenvalue weighted by Crippen LogP contribution is 2.31. The molecule has 0 spiro atoms. The topological polar surface area (TPSA) is 128 Å². The molecule has 1 amide bonds. The lowest BCUT2D eigenvalue weighted by atomic mass is 10.1. The zero-order valence-electron chi connectivity index (χ0n) is 13.7. The molecular weight excluding hydrogens is 300 g/mol. The Morgan fingerprint density at radius 3 is 2.74 bits per heavy atom. The number of aryl methyl sites for hydroxylation is 2. The molecule has 1 heterocycles. The number of carbonyl (C=O) groups excluding carboxylic acids is 1. The van der Waals surface area contributed by atoms with Gasteiger partial charge in [-0.2, -0.15) is 5.10 Å². The van der Waals surface area contributed by atoms with Crippen LogP contribution in [-0.4, -0.2) is 39.2 Å². The molecule has 23 heavy (non-hydrogen) atoms. The van der Waals surface area contributed by atoms with Gasteiger partial charge in [0.05, 0.1) is 4.92 Å². The van der Waals surface area contributed by atoms with Gasteiger partial charge in [0.15, 0.2) is 0 Å². The fourth-order valence-electron chi connectivity index (χ4n) is 2.58. The lowest BCUT2D eigenvalue weighted by Crippen LogP contribution is -2.45. The van der Waals surface area contributed by atoms with Crippen LogP contribution in [0.4, 0.5) is 11.5 Å². The number of carbonyl (C=O) groups is 1. The quantitative estimate of drug-likeness (QED) is 0.476. The van der Waals surface area contributed by atoms with Crippen LogP contribution in [0, 0.1) is 23.0 Å². The van der Waals surface area contributed by atoms with E-state index in [9.17, 15) is 14.9 Å². The molecule has 2 atom stereocenters. The molecule has 0 aromatic carbocycles. The van der Waals surface area contributed by atoms with Gasteiger partial charge in [-0.05, 0) is 32.1 Å². The molecule has 1 aromatic heterocycles. The zero-order valence-corrected chi connectivity index (χ0v) is 13.7. The number of nitro groups is 1. The molecular formula is C14H24N6O3. The SMILES string of the molecule is CCC(Nc1c([N+](=O)[O-])c(C)nn1C)C(=O)NCC(N)C1CC1. The number of nitrogens with one attached hydrogen (secondary N) is 2. The van der Waals surface area contributed by atoms with Crippen LogP contribution in [0.1, 0.15) is 31.9 Å². The number of amides is 1. The maximum absolute atomic E-state index is 12.3. The van der Waals surface area contributed by atoms with Crippen LogP contribution >= 0.6 is 0 Å². The van der Waals surface area contributed by atoms with Crippen molar-refractivity contribution in [3.05, 3.63) is 15.8 Å². The maximum Gasteiger partial charge on any atom is 0.333 e. The zero-order chi connectivity index (χ0) is 17.1. The summed E-state index contributed by atoms with van der Waals surface area (Å²) in [5.41, 5.74) is 6.18. The summed E-state index contributed by atoms with van der Waals surface area (Å²) >= 11 is 0. The summed E-state index contributed by atoms with van der Waals surface area (Å²) in [6, 6.07) is -0.598. The first kappa shape index (κ1) is 17.2. The van der Waals surface area contributed by atoms with E-state index in [-0.39, 0.29) is 23.5 Å². The molecule has 0 radical (unpaired) electrons. The third-order valence-electron chi connectivity index (χ3n) is 4.15. The monoisotopic (exact) mass is 324 g/mol. The lowest BCUT2D eigenvalue weighted by Gasteiger charge is -2.19. The van der Waals surface area contributed by atoms with E-state index in [1.165, 1.54) is 4.68 Å². The van der Waals surface area contributed by atoms with Crippen molar-refractivity contribution in [2.24, 2.45) is 18.7 Å². The van der Waals surface area contributed by atoms with Crippen molar-refractivity contribution in [3.8, 4) is 0 Å². The van der Waals surface area contributed by atoms with E-state index in [2.05, 4.69) is 15.7 Å². The van der Waals surface area contributed by atoms with Crippen LogP contribution in [0.5, 0.6) is 0 Å². The molecule has 9 nitrogen and oxygen atoms in total. The lowest BCUT2D eigenvalue weighted by molar-refractivity contribution is -0.384. The predicted molar refractivity (Wildman–Crippen MR) is 86.0 cm³/mol. The van der Waals surface area contributed by atoms with Gasteiger partial charge in [-0.1, -0.05) is 6.92 Å². The van der Waals surface area contributed by atoms with Gasteiger partial charge in [0.2, 0.25) is 11.7 Å². The summed E-state index contributed by atoms with van der Waals surface area (Å²) in [4.78, 5) is 23.0. The maximum atomic E-state index is 12.3. The van der Waals surface area contributed by atoms with Crippen molar-refractivity contribution in [1.29, 1.82) is 0 Å². The summed E-state index contributed by atoms with van der Waals surface area (Å²) in [5.74, 6) is 0.530. The van der Waals surface area contributed by atoms with Gasteiger partial charge in [-0.15, -0.1) is 0 Å². The molecule has 0 bridgehead atoms. The van der Waals surface area contributed by atoms with Crippen molar-refractivity contribution in [3.63, 3.8) is 0 Å². The Bertz CT molecular complexity index is 596. The highest BCUT2D eigenvalue weighted by Gasteiger charge is 2.30. The molecule has 128 valence electrons. The van der Waals surface area contributed by atoms with Crippen molar-refractivity contribution in [2.75, 3.05) is 11.9 Å². The Hall–Kier alpha value is -2.16. The highest BCUT2D eigenvalue weighted by molar-refractivity contribution is 5.85. The first-order chi connectivity index (χ1) is 10.8. The number of nitrogens with zero attached hydrogens (tertiary/aromatic N) is 3. The van der Waals surface area contributed by atoms with E-state index in [4.69, 9.17) is 5.73 Å². The molecule has 1 fully saturated rings. The molecule has 4 N–H and O–H groups in total. The molecule has 2 rings (SSSR count). The van der Waals surface area contributed by atoms with Gasteiger partial charge in [0.25, 0.3) is 0 Å². The van der Waals surface area contributed by atoms with E-state index in [0.29, 0.717) is 24.6 Å². The van der Waals surface area contributed by atoms with Crippen LogP contribution in [-0.2, 0) is 11.8 Å². The fourth-order valence-corrected chi connectivity index (χ4v) is 2.58. The molecule has 0 saturated heterocycles. The van der Waals surface area contributed by atoms with Gasteiger partial charge in [-0.25, -0.2) is 4.68 Å². The Balaban J connectivity index is 2.03. The second kappa shape index (κ2) is 6.95. The normalized spacial score (nSPS) is 16.7. The van der Waals surface area contributed by atoms with Crippen LogP contribution in [0.3, 0.4) is 0 Å². The smallest absolute Gasteiger partial charge is 0.333 e. The summed E-state index contributed by atoms with van der Waals surface area (Å²) in [7, 11) is 1.61. The summed E-state index contributed by atoms with van der Waals surface area (Å²) < 4.78 is 1.39. The first-order valence-corrected chi connectivity index (χ1v) is 7.82. The van der Waals surface area contributed by atoms with Crippen molar-refractivity contribution < 1.29 is 9.72 Å². The highest BCUT2D eigenvalue weighted by atomic mass is 16.6. The van der Waals surface area contributed by atoms with Crippen LogP contribution in [0.25, 0.3) is 0 Å². The molecule has 1 aromatic rings. The third kappa shape index (κ3) is 3.98. The summed E-state index contributed by atoms with van der Waals surface area (Å²) in [5, 5.41) is 21.0. The Morgan fingerprint density at radius 2 is 2.22 bits per heavy atom. The largest absolute Gasteiger partial charge is 0.353 e.